The van der Waals surface area contributed by atoms with Gasteiger partial charge in [0.05, 0.1) is 12.2 Å². The number of thiophene rings is 1. The molecule has 3 aromatic carbocycles. The number of carbonyl (C=O) groups is 2. The summed E-state index contributed by atoms with van der Waals surface area (Å²) < 4.78 is 0.877. The van der Waals surface area contributed by atoms with Crippen LogP contribution in [0.3, 0.4) is 0 Å². The van der Waals surface area contributed by atoms with Gasteiger partial charge in [0.25, 0.3) is 0 Å². The van der Waals surface area contributed by atoms with Crippen molar-refractivity contribution in [2.24, 2.45) is 11.8 Å². The van der Waals surface area contributed by atoms with E-state index < -0.39 is 5.97 Å². The Kier molecular flexibility index (Phi) is 6.69. The van der Waals surface area contributed by atoms with Gasteiger partial charge in [-0.1, -0.05) is 79.7 Å². The first kappa shape index (κ1) is 23.3. The monoisotopic (exact) mass is 483 g/mol. The summed E-state index contributed by atoms with van der Waals surface area (Å²) in [4.78, 5) is 28.3. The molecule has 5 heteroatoms. The Morgan fingerprint density at radius 1 is 0.886 bits per heavy atom. The second-order valence-electron chi connectivity index (χ2n) is 9.53. The lowest BCUT2D eigenvalue weighted by atomic mass is 9.82. The van der Waals surface area contributed by atoms with Crippen molar-refractivity contribution < 1.29 is 14.7 Å². The van der Waals surface area contributed by atoms with Crippen LogP contribution in [0.15, 0.2) is 78.9 Å². The third-order valence-electron chi connectivity index (χ3n) is 7.05. The Bertz CT molecular complexity index is 1340. The molecule has 4 nitrogen and oxygen atoms in total. The average Bonchev–Trinajstić information content (AvgIpc) is 3.27. The molecule has 1 saturated carbocycles. The van der Waals surface area contributed by atoms with Crippen molar-refractivity contribution in [2.75, 3.05) is 4.90 Å². The summed E-state index contributed by atoms with van der Waals surface area (Å²) in [6, 6.07) is 25.9. The van der Waals surface area contributed by atoms with Crippen molar-refractivity contribution in [2.45, 2.75) is 39.2 Å². The molecule has 1 N–H and O–H groups in total. The van der Waals surface area contributed by atoms with Crippen LogP contribution in [0.4, 0.5) is 5.69 Å². The molecule has 1 aliphatic carbocycles. The molecule has 1 heterocycles. The first-order valence-electron chi connectivity index (χ1n) is 12.2. The zero-order chi connectivity index (χ0) is 24.4. The highest BCUT2D eigenvalue weighted by Gasteiger charge is 2.33. The third kappa shape index (κ3) is 4.87. The van der Waals surface area contributed by atoms with E-state index in [1.165, 1.54) is 11.3 Å². The average molecular weight is 484 g/mol. The maximum absolute atomic E-state index is 14.0. The quantitative estimate of drug-likeness (QED) is 0.307. The third-order valence-corrected chi connectivity index (χ3v) is 8.18. The van der Waals surface area contributed by atoms with Crippen LogP contribution in [0, 0.1) is 11.8 Å². The number of carboxylic acids is 1. The van der Waals surface area contributed by atoms with Crippen LogP contribution >= 0.6 is 11.3 Å². The molecular weight excluding hydrogens is 454 g/mol. The van der Waals surface area contributed by atoms with Gasteiger partial charge in [0.2, 0.25) is 5.91 Å². The molecule has 0 bridgehead atoms. The van der Waals surface area contributed by atoms with Crippen LogP contribution in [0.2, 0.25) is 0 Å². The van der Waals surface area contributed by atoms with Crippen molar-refractivity contribution in [3.63, 3.8) is 0 Å². The highest BCUT2D eigenvalue weighted by Crippen LogP contribution is 2.42. The van der Waals surface area contributed by atoms with Gasteiger partial charge in [-0.2, -0.15) is 0 Å². The van der Waals surface area contributed by atoms with Gasteiger partial charge >= 0.3 is 5.97 Å². The number of rotatable bonds is 6. The molecule has 0 saturated heterocycles. The van der Waals surface area contributed by atoms with Crippen LogP contribution in [0.1, 0.15) is 47.8 Å². The molecule has 1 aromatic heterocycles. The van der Waals surface area contributed by atoms with E-state index in [0.29, 0.717) is 18.2 Å². The second kappa shape index (κ2) is 10.0. The Labute approximate surface area is 209 Å². The fraction of sp³-hybridized carbons (Fsp3) is 0.267. The standard InChI is InChI=1S/C30H29NO3S/c1-20-12-14-23(15-13-20)29(32)31(19-21-8-4-2-5-9-21)27-25-17-16-24(22-10-6-3-7-11-22)18-26(25)35-28(27)30(33)34/h2-11,16-18,20,23H,12-15,19H2,1H3,(H,33,34). The lowest BCUT2D eigenvalue weighted by Gasteiger charge is -2.31. The number of anilines is 1. The van der Waals surface area contributed by atoms with E-state index in [9.17, 15) is 14.7 Å². The van der Waals surface area contributed by atoms with Crippen LogP contribution in [-0.4, -0.2) is 17.0 Å². The number of hydrogen-bond donors (Lipinski definition) is 1. The van der Waals surface area contributed by atoms with Gasteiger partial charge in [-0.25, -0.2) is 4.79 Å². The van der Waals surface area contributed by atoms with Gasteiger partial charge in [0.15, 0.2) is 0 Å². The topological polar surface area (TPSA) is 57.6 Å². The number of fused-ring (bicyclic) bond motifs is 1. The number of nitrogens with zero attached hydrogens (tertiary/aromatic N) is 1. The minimum atomic E-state index is -0.995. The molecule has 0 atom stereocenters. The van der Waals surface area contributed by atoms with E-state index in [-0.39, 0.29) is 16.7 Å². The molecule has 1 fully saturated rings. The molecular formula is C30H29NO3S. The predicted molar refractivity (Wildman–Crippen MR) is 143 cm³/mol. The van der Waals surface area contributed by atoms with Crippen molar-refractivity contribution in [1.82, 2.24) is 0 Å². The summed E-state index contributed by atoms with van der Waals surface area (Å²) in [5, 5.41) is 11.0. The molecule has 4 aromatic rings. The molecule has 0 radical (unpaired) electrons. The van der Waals surface area contributed by atoms with E-state index in [4.69, 9.17) is 0 Å². The highest BCUT2D eigenvalue weighted by molar-refractivity contribution is 7.21. The van der Waals surface area contributed by atoms with Gasteiger partial charge in [-0.3, -0.25) is 4.79 Å². The van der Waals surface area contributed by atoms with E-state index in [1.807, 2.05) is 78.9 Å². The number of amides is 1. The van der Waals surface area contributed by atoms with E-state index in [1.54, 1.807) is 4.90 Å². The summed E-state index contributed by atoms with van der Waals surface area (Å²) in [6.45, 7) is 2.60. The first-order chi connectivity index (χ1) is 17.0. The highest BCUT2D eigenvalue weighted by atomic mass is 32.1. The Morgan fingerprint density at radius 3 is 2.20 bits per heavy atom. The van der Waals surface area contributed by atoms with E-state index in [2.05, 4.69) is 6.92 Å². The van der Waals surface area contributed by atoms with Gasteiger partial charge in [-0.05, 0) is 54.4 Å². The predicted octanol–water partition coefficient (Wildman–Crippen LogP) is 7.63. The van der Waals surface area contributed by atoms with Crippen LogP contribution in [0.25, 0.3) is 21.2 Å². The maximum atomic E-state index is 14.0. The maximum Gasteiger partial charge on any atom is 0.348 e. The first-order valence-corrected chi connectivity index (χ1v) is 13.0. The number of benzene rings is 3. The molecule has 1 amide bonds. The number of aromatic carboxylic acids is 1. The Morgan fingerprint density at radius 2 is 1.54 bits per heavy atom. The summed E-state index contributed by atoms with van der Waals surface area (Å²) >= 11 is 1.25. The molecule has 0 unspecified atom stereocenters. The normalized spacial score (nSPS) is 17.9. The number of carboxylic acid groups (broad SMARTS) is 1. The van der Waals surface area contributed by atoms with E-state index >= 15 is 0 Å². The molecule has 5 rings (SSSR count). The molecule has 35 heavy (non-hydrogen) atoms. The largest absolute Gasteiger partial charge is 0.477 e. The molecule has 0 spiro atoms. The minimum absolute atomic E-state index is 0.0371. The zero-order valence-corrected chi connectivity index (χ0v) is 20.6. The molecule has 178 valence electrons. The summed E-state index contributed by atoms with van der Waals surface area (Å²) in [6.07, 6.45) is 3.78. The van der Waals surface area contributed by atoms with Gasteiger partial charge < -0.3 is 10.0 Å². The van der Waals surface area contributed by atoms with Crippen molar-refractivity contribution >= 4 is 39.0 Å². The van der Waals surface area contributed by atoms with Gasteiger partial charge in [0, 0.05) is 16.0 Å². The van der Waals surface area contributed by atoms with Gasteiger partial charge in [0.1, 0.15) is 4.88 Å². The zero-order valence-electron chi connectivity index (χ0n) is 19.8. The van der Waals surface area contributed by atoms with Crippen molar-refractivity contribution in [3.05, 3.63) is 89.3 Å². The lowest BCUT2D eigenvalue weighted by Crippen LogP contribution is -2.38. The fourth-order valence-electron chi connectivity index (χ4n) is 5.07. The smallest absolute Gasteiger partial charge is 0.348 e. The van der Waals surface area contributed by atoms with Crippen molar-refractivity contribution in [3.8, 4) is 11.1 Å². The Balaban J connectivity index is 1.62. The summed E-state index contributed by atoms with van der Waals surface area (Å²) in [7, 11) is 0. The Hall–Kier alpha value is -3.44. The molecule has 1 aliphatic rings. The van der Waals surface area contributed by atoms with E-state index in [0.717, 1.165) is 52.5 Å². The van der Waals surface area contributed by atoms with Crippen LogP contribution < -0.4 is 4.90 Å². The molecule has 0 aliphatic heterocycles. The fourth-order valence-corrected chi connectivity index (χ4v) is 6.15. The lowest BCUT2D eigenvalue weighted by molar-refractivity contribution is -0.123. The van der Waals surface area contributed by atoms with Gasteiger partial charge in [-0.15, -0.1) is 11.3 Å². The summed E-state index contributed by atoms with van der Waals surface area (Å²) in [5.74, 6) is -0.398. The minimum Gasteiger partial charge on any atom is -0.477 e. The van der Waals surface area contributed by atoms with Crippen LogP contribution in [-0.2, 0) is 11.3 Å². The number of hydrogen-bond acceptors (Lipinski definition) is 3. The SMILES string of the molecule is CC1CCC(C(=O)N(Cc2ccccc2)c2c(C(=O)O)sc3cc(-c4ccccc4)ccc23)CC1. The van der Waals surface area contributed by atoms with Crippen molar-refractivity contribution in [1.29, 1.82) is 0 Å². The van der Waals surface area contributed by atoms with Crippen LogP contribution in [0.5, 0.6) is 0 Å². The number of carbonyl (C=O) groups excluding carboxylic acids is 1. The second-order valence-corrected chi connectivity index (χ2v) is 10.6. The summed E-state index contributed by atoms with van der Waals surface area (Å²) in [5.41, 5.74) is 3.63.